The van der Waals surface area contributed by atoms with Crippen LogP contribution >= 0.6 is 0 Å². The number of carbonyl (C=O) groups is 1. The van der Waals surface area contributed by atoms with Crippen LogP contribution < -0.4 is 0 Å². The van der Waals surface area contributed by atoms with Crippen molar-refractivity contribution in [2.24, 2.45) is 15.9 Å². The average molecular weight is 368 g/mol. The van der Waals surface area contributed by atoms with Crippen molar-refractivity contribution < 1.29 is 28.9 Å². The van der Waals surface area contributed by atoms with Crippen LogP contribution in [0.5, 0.6) is 0 Å². The molecule has 0 aliphatic rings. The Hall–Kier alpha value is -2.11. The number of carbonyl (C=O) groups excluding carboxylic acids is 3. The van der Waals surface area contributed by atoms with Crippen molar-refractivity contribution in [1.29, 1.82) is 0 Å². The molecule has 0 spiro atoms. The first-order valence-corrected chi connectivity index (χ1v) is 8.71. The van der Waals surface area contributed by atoms with Gasteiger partial charge in [-0.05, 0) is 38.5 Å². The first-order chi connectivity index (χ1) is 12.6. The summed E-state index contributed by atoms with van der Waals surface area (Å²) < 4.78 is 5.03. The zero-order chi connectivity index (χ0) is 19.5. The fraction of sp³-hybridized carbons (Fsp3) is 0.722. The van der Waals surface area contributed by atoms with E-state index < -0.39 is 0 Å². The Morgan fingerprint density at radius 3 is 2.46 bits per heavy atom. The molecule has 8 nitrogen and oxygen atoms in total. The Kier molecular flexibility index (Phi) is 16.3. The Bertz CT molecular complexity index is 496. The van der Waals surface area contributed by atoms with E-state index in [0.717, 1.165) is 31.3 Å². The second kappa shape index (κ2) is 17.7. The van der Waals surface area contributed by atoms with Crippen LogP contribution in [-0.4, -0.2) is 51.0 Å². The fourth-order valence-corrected chi connectivity index (χ4v) is 2.16. The minimum Gasteiger partial charge on any atom is -0.463 e. The second-order valence-corrected chi connectivity index (χ2v) is 5.92. The molecule has 8 heteroatoms. The first-order valence-electron chi connectivity index (χ1n) is 8.71. The highest BCUT2D eigenvalue weighted by Crippen LogP contribution is 2.16. The maximum absolute atomic E-state index is 11.6. The Labute approximate surface area is 154 Å². The molecular weight excluding hydrogens is 340 g/mol. The van der Waals surface area contributed by atoms with E-state index in [0.29, 0.717) is 32.5 Å². The average Bonchev–Trinajstić information content (AvgIpc) is 2.62. The van der Waals surface area contributed by atoms with Crippen molar-refractivity contribution in [3.05, 3.63) is 12.2 Å². The van der Waals surface area contributed by atoms with Gasteiger partial charge in [0.2, 0.25) is 12.2 Å². The molecule has 1 atom stereocenters. The maximum atomic E-state index is 11.6. The summed E-state index contributed by atoms with van der Waals surface area (Å²) in [6, 6.07) is 0. The van der Waals surface area contributed by atoms with Crippen LogP contribution in [0.2, 0.25) is 0 Å². The summed E-state index contributed by atoms with van der Waals surface area (Å²) in [6.07, 6.45) is 7.26. The summed E-state index contributed by atoms with van der Waals surface area (Å²) in [4.78, 5) is 48.7. The molecule has 0 fully saturated rings. The molecule has 0 N–H and O–H groups in total. The number of nitrogens with zero attached hydrogens (tertiary/aromatic N) is 2. The van der Waals surface area contributed by atoms with Crippen LogP contribution in [0.4, 0.5) is 0 Å². The van der Waals surface area contributed by atoms with Gasteiger partial charge in [0.25, 0.3) is 0 Å². The maximum Gasteiger partial charge on any atom is 0.305 e. The molecule has 0 amide bonds. The van der Waals surface area contributed by atoms with Crippen LogP contribution in [-0.2, 0) is 28.9 Å². The molecule has 0 aromatic rings. The second-order valence-electron chi connectivity index (χ2n) is 5.92. The lowest BCUT2D eigenvalue weighted by Gasteiger charge is -2.13. The monoisotopic (exact) mass is 368 g/mol. The van der Waals surface area contributed by atoms with Crippen molar-refractivity contribution in [2.75, 3.05) is 32.9 Å². The van der Waals surface area contributed by atoms with E-state index in [9.17, 15) is 14.4 Å². The number of aliphatic imine (C=N–C) groups is 2. The lowest BCUT2D eigenvalue weighted by atomic mass is 9.96. The fourth-order valence-electron chi connectivity index (χ4n) is 2.16. The Morgan fingerprint density at radius 1 is 1.04 bits per heavy atom. The van der Waals surface area contributed by atoms with E-state index >= 15 is 0 Å². The molecule has 0 aliphatic carbocycles. The summed E-state index contributed by atoms with van der Waals surface area (Å²) in [5.74, 6) is -0.0653. The number of hydrogen-bond acceptors (Lipinski definition) is 8. The molecule has 0 radical (unpaired) electrons. The molecule has 0 saturated heterocycles. The summed E-state index contributed by atoms with van der Waals surface area (Å²) in [5, 5.41) is 0. The molecule has 0 aromatic carbocycles. The van der Waals surface area contributed by atoms with Gasteiger partial charge in [0.1, 0.15) is 19.8 Å². The predicted octanol–water partition coefficient (Wildman–Crippen LogP) is 2.68. The Morgan fingerprint density at radius 2 is 1.77 bits per heavy atom. The molecule has 0 aliphatic heterocycles. The lowest BCUT2D eigenvalue weighted by molar-refractivity contribution is -0.291. The highest BCUT2D eigenvalue weighted by molar-refractivity contribution is 5.69. The quantitative estimate of drug-likeness (QED) is 0.0743. The summed E-state index contributed by atoms with van der Waals surface area (Å²) in [5.41, 5.74) is 0.843. The van der Waals surface area contributed by atoms with E-state index in [2.05, 4.69) is 16.6 Å². The summed E-state index contributed by atoms with van der Waals surface area (Å²) in [7, 11) is 0. The largest absolute Gasteiger partial charge is 0.463 e. The zero-order valence-electron chi connectivity index (χ0n) is 15.4. The van der Waals surface area contributed by atoms with Gasteiger partial charge < -0.3 is 4.74 Å². The summed E-state index contributed by atoms with van der Waals surface area (Å²) >= 11 is 0. The van der Waals surface area contributed by atoms with Gasteiger partial charge in [0, 0.05) is 6.42 Å². The van der Waals surface area contributed by atoms with Gasteiger partial charge in [-0.2, -0.15) is 0 Å². The van der Waals surface area contributed by atoms with E-state index in [1.54, 1.807) is 6.08 Å². The number of hydrogen-bond donors (Lipinski definition) is 0. The predicted molar refractivity (Wildman–Crippen MR) is 94.8 cm³/mol. The van der Waals surface area contributed by atoms with Crippen molar-refractivity contribution in [3.8, 4) is 0 Å². The molecule has 0 bridgehead atoms. The molecule has 0 rings (SSSR count). The minimum absolute atomic E-state index is 0.142. The van der Waals surface area contributed by atoms with Crippen LogP contribution in [0.3, 0.4) is 0 Å². The van der Waals surface area contributed by atoms with E-state index in [4.69, 9.17) is 14.5 Å². The van der Waals surface area contributed by atoms with Gasteiger partial charge >= 0.3 is 5.97 Å². The van der Waals surface area contributed by atoms with Crippen molar-refractivity contribution in [2.45, 2.75) is 45.4 Å². The van der Waals surface area contributed by atoms with Gasteiger partial charge in [-0.1, -0.05) is 18.6 Å². The number of rotatable bonds is 17. The van der Waals surface area contributed by atoms with Crippen LogP contribution in [0.25, 0.3) is 0 Å². The molecule has 26 heavy (non-hydrogen) atoms. The standard InChI is InChI=1S/C18H28N2O6/c1-16(2)13-26-25-11-10-24-18(23)8-4-3-6-17(12-20-15-22)7-5-9-19-14-21/h17H,1,3-13H2,2H3. The van der Waals surface area contributed by atoms with Gasteiger partial charge in [-0.15, -0.1) is 0 Å². The number of ether oxygens (including phenoxy) is 1. The molecular formula is C18H28N2O6. The van der Waals surface area contributed by atoms with Crippen molar-refractivity contribution in [1.82, 2.24) is 0 Å². The number of esters is 1. The molecule has 0 saturated carbocycles. The van der Waals surface area contributed by atoms with E-state index in [-0.39, 0.29) is 25.1 Å². The molecule has 146 valence electrons. The van der Waals surface area contributed by atoms with Crippen LogP contribution in [0.1, 0.15) is 45.4 Å². The van der Waals surface area contributed by atoms with Gasteiger partial charge in [0.15, 0.2) is 0 Å². The van der Waals surface area contributed by atoms with Crippen molar-refractivity contribution in [3.63, 3.8) is 0 Å². The van der Waals surface area contributed by atoms with Gasteiger partial charge in [-0.3, -0.25) is 4.79 Å². The molecule has 1 unspecified atom stereocenters. The van der Waals surface area contributed by atoms with Crippen LogP contribution in [0, 0.1) is 5.92 Å². The third-order valence-corrected chi connectivity index (χ3v) is 3.42. The van der Waals surface area contributed by atoms with Crippen LogP contribution in [0.15, 0.2) is 22.1 Å². The minimum atomic E-state index is -0.281. The van der Waals surface area contributed by atoms with E-state index in [1.165, 1.54) is 6.08 Å². The van der Waals surface area contributed by atoms with Gasteiger partial charge in [0.05, 0.1) is 13.1 Å². The third kappa shape index (κ3) is 16.7. The lowest BCUT2D eigenvalue weighted by Crippen LogP contribution is -2.11. The van der Waals surface area contributed by atoms with Crippen molar-refractivity contribution >= 4 is 18.1 Å². The SMILES string of the molecule is C=C(C)COOCCOC(=O)CCCCC(CCCN=C=O)CN=C=O. The number of isocyanates is 2. The molecule has 0 heterocycles. The third-order valence-electron chi connectivity index (χ3n) is 3.42. The number of unbranched alkanes of at least 4 members (excludes halogenated alkanes) is 1. The highest BCUT2D eigenvalue weighted by atomic mass is 17.2. The normalized spacial score (nSPS) is 11.1. The zero-order valence-corrected chi connectivity index (χ0v) is 15.4. The summed E-state index contributed by atoms with van der Waals surface area (Å²) in [6.45, 7) is 6.93. The topological polar surface area (TPSA) is 104 Å². The highest BCUT2D eigenvalue weighted by Gasteiger charge is 2.09. The molecule has 0 aromatic heterocycles. The smallest absolute Gasteiger partial charge is 0.305 e. The Balaban J connectivity index is 3.75. The first kappa shape index (κ1) is 23.9. The van der Waals surface area contributed by atoms with Gasteiger partial charge in [-0.25, -0.2) is 29.3 Å². The van der Waals surface area contributed by atoms with E-state index in [1.807, 2.05) is 6.92 Å².